The molecule has 1 saturated carbocycles. The van der Waals surface area contributed by atoms with E-state index in [0.717, 1.165) is 41.9 Å². The van der Waals surface area contributed by atoms with Crippen LogP contribution in [0.2, 0.25) is 5.02 Å². The maximum Gasteiger partial charge on any atom is 0.142 e. The zero-order valence-electron chi connectivity index (χ0n) is 16.7. The molecule has 0 amide bonds. The molecule has 0 spiro atoms. The Bertz CT molecular complexity index is 1070. The van der Waals surface area contributed by atoms with Crippen LogP contribution in [0.15, 0.2) is 30.6 Å². The summed E-state index contributed by atoms with van der Waals surface area (Å²) in [6, 6.07) is 8.97. The second-order valence-corrected chi connectivity index (χ2v) is 8.87. The van der Waals surface area contributed by atoms with Crippen LogP contribution in [-0.2, 0) is 12.8 Å². The minimum atomic E-state index is 0.403. The molecule has 1 fully saturated rings. The fourth-order valence-corrected chi connectivity index (χ4v) is 5.20. The third-order valence-corrected chi connectivity index (χ3v) is 6.97. The van der Waals surface area contributed by atoms with Crippen LogP contribution in [0.25, 0.3) is 10.9 Å². The summed E-state index contributed by atoms with van der Waals surface area (Å²) in [5.74, 6) is 2.35. The van der Waals surface area contributed by atoms with Crippen molar-refractivity contribution in [3.8, 4) is 0 Å². The minimum absolute atomic E-state index is 0.403. The predicted molar refractivity (Wildman–Crippen MR) is 118 cm³/mol. The Kier molecular flexibility index (Phi) is 4.78. The summed E-state index contributed by atoms with van der Waals surface area (Å²) in [6.07, 6.45) is 8.92. The lowest BCUT2D eigenvalue weighted by Gasteiger charge is -2.26. The predicted octanol–water partition coefficient (Wildman–Crippen LogP) is 4.73. The van der Waals surface area contributed by atoms with Gasteiger partial charge in [-0.1, -0.05) is 23.7 Å². The number of hydrogen-bond acceptors (Lipinski definition) is 5. The van der Waals surface area contributed by atoms with E-state index in [0.29, 0.717) is 16.9 Å². The van der Waals surface area contributed by atoms with Crippen molar-refractivity contribution in [2.24, 2.45) is 5.92 Å². The second-order valence-electron chi connectivity index (χ2n) is 8.46. The largest absolute Gasteiger partial charge is 0.382 e. The molecule has 2 aromatic heterocycles. The fraction of sp³-hybridized carbons (Fsp3) is 0.435. The number of aryl methyl sites for hydroxylation is 2. The molecule has 2 atom stereocenters. The third-order valence-electron chi connectivity index (χ3n) is 6.67. The summed E-state index contributed by atoms with van der Waals surface area (Å²) in [7, 11) is 0. The van der Waals surface area contributed by atoms with E-state index in [1.807, 2.05) is 6.07 Å². The van der Waals surface area contributed by atoms with Crippen molar-refractivity contribution in [2.45, 2.75) is 51.5 Å². The fourth-order valence-electron chi connectivity index (χ4n) is 5.04. The number of nitrogens with zero attached hydrogens (tertiary/aromatic N) is 4. The van der Waals surface area contributed by atoms with Crippen LogP contribution in [0.4, 0.5) is 11.6 Å². The minimum Gasteiger partial charge on any atom is -0.382 e. The summed E-state index contributed by atoms with van der Waals surface area (Å²) >= 11 is 6.08. The monoisotopic (exact) mass is 407 g/mol. The topological polar surface area (TPSA) is 67.9 Å². The SMILES string of the molecule is Cc1ncnc2c1CCN2C1CCC(CCc2ccc3cc(Cl)c(N)nc3c2)C1. The molecule has 2 aliphatic rings. The van der Waals surface area contributed by atoms with Gasteiger partial charge in [0.05, 0.1) is 10.5 Å². The highest BCUT2D eigenvalue weighted by Gasteiger charge is 2.34. The first kappa shape index (κ1) is 18.6. The van der Waals surface area contributed by atoms with Crippen molar-refractivity contribution in [3.05, 3.63) is 52.4 Å². The number of anilines is 2. The van der Waals surface area contributed by atoms with Crippen molar-refractivity contribution in [1.82, 2.24) is 15.0 Å². The lowest BCUT2D eigenvalue weighted by atomic mass is 9.97. The number of nitrogen functional groups attached to an aromatic ring is 1. The van der Waals surface area contributed by atoms with E-state index in [4.69, 9.17) is 17.3 Å². The molecule has 150 valence electrons. The summed E-state index contributed by atoms with van der Waals surface area (Å²) < 4.78 is 0. The van der Waals surface area contributed by atoms with E-state index in [2.05, 4.69) is 45.0 Å². The van der Waals surface area contributed by atoms with Gasteiger partial charge in [-0.05, 0) is 69.1 Å². The molecule has 2 N–H and O–H groups in total. The van der Waals surface area contributed by atoms with E-state index in [1.165, 1.54) is 42.6 Å². The number of fused-ring (bicyclic) bond motifs is 2. The molecule has 0 saturated heterocycles. The second kappa shape index (κ2) is 7.45. The van der Waals surface area contributed by atoms with Crippen LogP contribution < -0.4 is 10.6 Å². The van der Waals surface area contributed by atoms with Gasteiger partial charge in [-0.25, -0.2) is 15.0 Å². The number of hydrogen-bond donors (Lipinski definition) is 1. The molecule has 5 nitrogen and oxygen atoms in total. The Labute approximate surface area is 176 Å². The number of rotatable bonds is 4. The Balaban J connectivity index is 1.23. The average molecular weight is 408 g/mol. The highest BCUT2D eigenvalue weighted by molar-refractivity contribution is 6.33. The molecule has 1 aliphatic heterocycles. The van der Waals surface area contributed by atoms with Gasteiger partial charge in [0.2, 0.25) is 0 Å². The van der Waals surface area contributed by atoms with E-state index in [9.17, 15) is 0 Å². The lowest BCUT2D eigenvalue weighted by Crippen LogP contribution is -2.32. The number of nitrogens with two attached hydrogens (primary N) is 1. The van der Waals surface area contributed by atoms with Crippen LogP contribution in [0, 0.1) is 12.8 Å². The molecule has 1 aromatic carbocycles. The molecule has 2 unspecified atom stereocenters. The Morgan fingerprint density at radius 2 is 2.10 bits per heavy atom. The zero-order chi connectivity index (χ0) is 20.0. The van der Waals surface area contributed by atoms with Crippen molar-refractivity contribution >= 4 is 34.1 Å². The van der Waals surface area contributed by atoms with Crippen LogP contribution >= 0.6 is 11.6 Å². The first-order valence-electron chi connectivity index (χ1n) is 10.5. The van der Waals surface area contributed by atoms with Crippen molar-refractivity contribution in [3.63, 3.8) is 0 Å². The average Bonchev–Trinajstić information content (AvgIpc) is 3.35. The van der Waals surface area contributed by atoms with Crippen LogP contribution in [0.3, 0.4) is 0 Å². The third kappa shape index (κ3) is 3.52. The number of benzene rings is 1. The molecular weight excluding hydrogens is 382 g/mol. The maximum absolute atomic E-state index is 6.08. The quantitative estimate of drug-likeness (QED) is 0.676. The van der Waals surface area contributed by atoms with Crippen LogP contribution in [0.1, 0.15) is 42.5 Å². The molecule has 6 heteroatoms. The molecule has 0 bridgehead atoms. The summed E-state index contributed by atoms with van der Waals surface area (Å²) in [5.41, 5.74) is 10.6. The van der Waals surface area contributed by atoms with E-state index in [-0.39, 0.29) is 0 Å². The number of aromatic nitrogens is 3. The van der Waals surface area contributed by atoms with Gasteiger partial charge >= 0.3 is 0 Å². The van der Waals surface area contributed by atoms with Gasteiger partial charge in [-0.15, -0.1) is 0 Å². The normalized spacial score (nSPS) is 21.1. The van der Waals surface area contributed by atoms with Gasteiger partial charge in [-0.3, -0.25) is 0 Å². The molecule has 29 heavy (non-hydrogen) atoms. The smallest absolute Gasteiger partial charge is 0.142 e. The van der Waals surface area contributed by atoms with Gasteiger partial charge in [0.1, 0.15) is 18.0 Å². The number of pyridine rings is 1. The van der Waals surface area contributed by atoms with Gasteiger partial charge in [0.25, 0.3) is 0 Å². The van der Waals surface area contributed by atoms with E-state index in [1.54, 1.807) is 6.33 Å². The Morgan fingerprint density at radius 3 is 3.00 bits per heavy atom. The molecule has 0 radical (unpaired) electrons. The van der Waals surface area contributed by atoms with E-state index >= 15 is 0 Å². The summed E-state index contributed by atoms with van der Waals surface area (Å²) in [6.45, 7) is 3.19. The summed E-state index contributed by atoms with van der Waals surface area (Å²) in [4.78, 5) is 15.9. The molecular formula is C23H26ClN5. The van der Waals surface area contributed by atoms with Crippen LogP contribution in [-0.4, -0.2) is 27.5 Å². The highest BCUT2D eigenvalue weighted by atomic mass is 35.5. The molecule has 3 aromatic rings. The van der Waals surface area contributed by atoms with Gasteiger partial charge in [-0.2, -0.15) is 0 Å². The van der Waals surface area contributed by atoms with Crippen molar-refractivity contribution in [1.29, 1.82) is 0 Å². The molecule has 5 rings (SSSR count). The highest BCUT2D eigenvalue weighted by Crippen LogP contribution is 2.38. The maximum atomic E-state index is 6.08. The van der Waals surface area contributed by atoms with E-state index < -0.39 is 0 Å². The van der Waals surface area contributed by atoms with Crippen molar-refractivity contribution < 1.29 is 0 Å². The lowest BCUT2D eigenvalue weighted by molar-refractivity contribution is 0.489. The van der Waals surface area contributed by atoms with Crippen LogP contribution in [0.5, 0.6) is 0 Å². The Hall–Kier alpha value is -2.40. The Morgan fingerprint density at radius 1 is 1.21 bits per heavy atom. The standard InChI is InChI=1S/C23H26ClN5/c1-14-19-8-9-29(23(19)27-13-26-14)18-7-5-15(10-18)2-3-16-4-6-17-12-20(24)22(25)28-21(17)11-16/h4,6,11-13,15,18H,2-3,5,7-10H2,1H3,(H2,25,28). The number of halogens is 1. The molecule has 3 heterocycles. The van der Waals surface area contributed by atoms with Gasteiger partial charge < -0.3 is 10.6 Å². The summed E-state index contributed by atoms with van der Waals surface area (Å²) in [5, 5.41) is 1.56. The molecule has 1 aliphatic carbocycles. The zero-order valence-corrected chi connectivity index (χ0v) is 17.5. The van der Waals surface area contributed by atoms with Crippen molar-refractivity contribution in [2.75, 3.05) is 17.2 Å². The van der Waals surface area contributed by atoms with Gasteiger partial charge in [0, 0.05) is 29.2 Å². The first-order valence-corrected chi connectivity index (χ1v) is 10.9. The first-order chi connectivity index (χ1) is 14.1. The van der Waals surface area contributed by atoms with Gasteiger partial charge in [0.15, 0.2) is 0 Å².